The third-order valence-corrected chi connectivity index (χ3v) is 6.20. The predicted octanol–water partition coefficient (Wildman–Crippen LogP) is 1.39. The Morgan fingerprint density at radius 3 is 2.44 bits per heavy atom. The molecular weight excluding hydrogens is 430 g/mol. The Kier molecular flexibility index (Phi) is 8.25. The monoisotopic (exact) mass is 461 g/mol. The Balaban J connectivity index is 0.00000289. The molecule has 3 heterocycles. The molecule has 0 saturated carbocycles. The molecule has 1 atom stereocenters. The van der Waals surface area contributed by atoms with E-state index < -0.39 is 5.69 Å². The number of nitrogens with zero attached hydrogens (tertiary/aromatic N) is 4. The highest BCUT2D eigenvalue weighted by Crippen LogP contribution is 2.17. The quantitative estimate of drug-likeness (QED) is 0.618. The zero-order chi connectivity index (χ0) is 21.8. The van der Waals surface area contributed by atoms with Crippen LogP contribution in [0, 0.1) is 5.92 Å². The van der Waals surface area contributed by atoms with Crippen molar-refractivity contribution in [1.82, 2.24) is 19.4 Å². The van der Waals surface area contributed by atoms with Crippen LogP contribution in [0.3, 0.4) is 0 Å². The van der Waals surface area contributed by atoms with Gasteiger partial charge >= 0.3 is 11.7 Å². The van der Waals surface area contributed by atoms with Crippen LogP contribution in [0.2, 0.25) is 0 Å². The Morgan fingerprint density at radius 1 is 1.09 bits per heavy atom. The van der Waals surface area contributed by atoms with E-state index in [4.69, 9.17) is 11.5 Å². The number of hydrogen-bond acceptors (Lipinski definition) is 6. The van der Waals surface area contributed by atoms with Gasteiger partial charge in [-0.2, -0.15) is 4.98 Å². The molecule has 2 aromatic rings. The number of nitrogens with two attached hydrogens (primary N) is 2. The van der Waals surface area contributed by atoms with Gasteiger partial charge in [-0.1, -0.05) is 12.1 Å². The van der Waals surface area contributed by atoms with Gasteiger partial charge in [0.25, 0.3) is 0 Å². The minimum absolute atomic E-state index is 0. The number of halogens is 1. The lowest BCUT2D eigenvalue weighted by molar-refractivity contribution is 0.205. The van der Waals surface area contributed by atoms with Crippen LogP contribution in [0.15, 0.2) is 41.3 Å². The molecule has 1 aromatic heterocycles. The van der Waals surface area contributed by atoms with Gasteiger partial charge in [-0.3, -0.25) is 14.8 Å². The smallest absolute Gasteiger partial charge is 0.330 e. The fourth-order valence-electron chi connectivity index (χ4n) is 4.20. The first-order valence-electron chi connectivity index (χ1n) is 10.9. The van der Waals surface area contributed by atoms with Crippen molar-refractivity contribution in [2.45, 2.75) is 31.8 Å². The number of carbonyl (C=O) groups is 1. The number of rotatable bonds is 5. The highest BCUT2D eigenvalue weighted by atomic mass is 35.5. The molecular formula is C22H32ClN7O2. The highest BCUT2D eigenvalue weighted by molar-refractivity contribution is 5.88. The van der Waals surface area contributed by atoms with Gasteiger partial charge in [0.2, 0.25) is 0 Å². The summed E-state index contributed by atoms with van der Waals surface area (Å²) < 4.78 is 1.47. The molecule has 1 aromatic carbocycles. The molecule has 0 radical (unpaired) electrons. The maximum atomic E-state index is 12.5. The van der Waals surface area contributed by atoms with Gasteiger partial charge < -0.3 is 16.4 Å². The lowest BCUT2D eigenvalue weighted by Gasteiger charge is -2.30. The van der Waals surface area contributed by atoms with Gasteiger partial charge in [-0.05, 0) is 68.6 Å². The molecule has 0 spiro atoms. The molecule has 0 bridgehead atoms. The van der Waals surface area contributed by atoms with Crippen LogP contribution in [0.25, 0.3) is 5.69 Å². The number of carbonyl (C=O) groups excluding carboxylic acids is 1. The van der Waals surface area contributed by atoms with E-state index in [-0.39, 0.29) is 24.3 Å². The van der Waals surface area contributed by atoms with Crippen LogP contribution in [0.5, 0.6) is 0 Å². The van der Waals surface area contributed by atoms with Crippen LogP contribution >= 0.6 is 12.4 Å². The van der Waals surface area contributed by atoms with E-state index in [9.17, 15) is 9.59 Å². The van der Waals surface area contributed by atoms with Gasteiger partial charge in [0.15, 0.2) is 0 Å². The number of aromatic nitrogens is 2. The molecule has 2 amide bonds. The number of benzene rings is 1. The molecule has 0 aliphatic carbocycles. The molecule has 2 aliphatic heterocycles. The second-order valence-corrected chi connectivity index (χ2v) is 8.51. The maximum absolute atomic E-state index is 12.5. The summed E-state index contributed by atoms with van der Waals surface area (Å²) in [5.74, 6) is 0.588. The van der Waals surface area contributed by atoms with E-state index in [2.05, 4.69) is 15.2 Å². The number of amides is 2. The number of likely N-dealkylation sites (tertiary alicyclic amines) is 2. The summed E-state index contributed by atoms with van der Waals surface area (Å²) in [6.45, 7) is 4.79. The Morgan fingerprint density at radius 2 is 1.81 bits per heavy atom. The lowest BCUT2D eigenvalue weighted by Crippen LogP contribution is -2.39. The number of nitrogens with one attached hydrogen (secondary N) is 1. The van der Waals surface area contributed by atoms with E-state index >= 15 is 0 Å². The molecule has 174 valence electrons. The molecule has 9 nitrogen and oxygen atoms in total. The van der Waals surface area contributed by atoms with Gasteiger partial charge in [-0.15, -0.1) is 12.4 Å². The van der Waals surface area contributed by atoms with Gasteiger partial charge in [0, 0.05) is 31.9 Å². The minimum Gasteiger partial charge on any atom is -0.330 e. The summed E-state index contributed by atoms with van der Waals surface area (Å²) in [6, 6.07) is 9.63. The van der Waals surface area contributed by atoms with Gasteiger partial charge in [0.05, 0.1) is 5.69 Å². The normalized spacial score (nSPS) is 19.6. The van der Waals surface area contributed by atoms with Crippen molar-refractivity contribution in [2.75, 3.05) is 38.0 Å². The van der Waals surface area contributed by atoms with Crippen molar-refractivity contribution in [3.8, 4) is 5.69 Å². The van der Waals surface area contributed by atoms with Crippen molar-refractivity contribution < 1.29 is 4.79 Å². The maximum Gasteiger partial charge on any atom is 0.354 e. The second-order valence-electron chi connectivity index (χ2n) is 8.51. The van der Waals surface area contributed by atoms with E-state index in [0.29, 0.717) is 31.6 Å². The third kappa shape index (κ3) is 5.86. The molecule has 2 saturated heterocycles. The van der Waals surface area contributed by atoms with Crippen LogP contribution in [-0.2, 0) is 6.54 Å². The average molecular weight is 462 g/mol. The fraction of sp³-hybridized carbons (Fsp3) is 0.500. The van der Waals surface area contributed by atoms with Crippen molar-refractivity contribution in [3.63, 3.8) is 0 Å². The van der Waals surface area contributed by atoms with Crippen LogP contribution in [0.1, 0.15) is 24.8 Å². The highest BCUT2D eigenvalue weighted by Gasteiger charge is 2.25. The SMILES string of the molecule is Cl.NC[C@@H]1CCN(C(=O)Nc2ccn(-c3ccc(CN4CCC(N)CC4)cc3)c(=O)n2)C1. The average Bonchev–Trinajstić information content (AvgIpc) is 3.26. The number of hydrogen-bond donors (Lipinski definition) is 3. The molecule has 5 N–H and O–H groups in total. The Hall–Kier alpha value is -2.46. The van der Waals surface area contributed by atoms with Gasteiger partial charge in [-0.25, -0.2) is 9.59 Å². The van der Waals surface area contributed by atoms with E-state index in [0.717, 1.165) is 44.6 Å². The third-order valence-electron chi connectivity index (χ3n) is 6.20. The first kappa shape index (κ1) is 24.2. The zero-order valence-corrected chi connectivity index (χ0v) is 19.0. The summed E-state index contributed by atoms with van der Waals surface area (Å²) in [5.41, 5.74) is 13.2. The molecule has 4 rings (SSSR count). The van der Waals surface area contributed by atoms with Crippen molar-refractivity contribution in [3.05, 3.63) is 52.6 Å². The standard InChI is InChI=1S/C22H31N7O2.ClH/c23-13-17-5-11-28(15-17)21(30)25-20-8-12-29(22(31)26-20)19-3-1-16(2-4-19)14-27-9-6-18(24)7-10-27;/h1-4,8,12,17-18H,5-7,9-11,13-15,23-24H2,(H,25,26,30,31);1H/t17-;/m0./s1. The molecule has 10 heteroatoms. The second kappa shape index (κ2) is 10.9. The van der Waals surface area contributed by atoms with Crippen LogP contribution in [-0.4, -0.2) is 64.1 Å². The van der Waals surface area contributed by atoms with E-state index in [1.54, 1.807) is 17.2 Å². The number of urea groups is 1. The summed E-state index contributed by atoms with van der Waals surface area (Å²) in [5, 5.41) is 2.71. The summed E-state index contributed by atoms with van der Waals surface area (Å²) in [6.07, 6.45) is 4.61. The fourth-order valence-corrected chi connectivity index (χ4v) is 4.20. The zero-order valence-electron chi connectivity index (χ0n) is 18.2. The Bertz CT molecular complexity index is 957. The van der Waals surface area contributed by atoms with Crippen LogP contribution < -0.4 is 22.5 Å². The molecule has 32 heavy (non-hydrogen) atoms. The van der Waals surface area contributed by atoms with Crippen LogP contribution in [0.4, 0.5) is 10.6 Å². The predicted molar refractivity (Wildman–Crippen MR) is 127 cm³/mol. The van der Waals surface area contributed by atoms with Gasteiger partial charge in [0.1, 0.15) is 5.82 Å². The van der Waals surface area contributed by atoms with E-state index in [1.807, 2.05) is 24.3 Å². The minimum atomic E-state index is -0.433. The van der Waals surface area contributed by atoms with Crippen molar-refractivity contribution in [1.29, 1.82) is 0 Å². The van der Waals surface area contributed by atoms with Crippen molar-refractivity contribution in [2.24, 2.45) is 17.4 Å². The van der Waals surface area contributed by atoms with Crippen molar-refractivity contribution >= 4 is 24.3 Å². The lowest BCUT2D eigenvalue weighted by atomic mass is 10.1. The molecule has 2 fully saturated rings. The topological polar surface area (TPSA) is 123 Å². The molecule has 0 unspecified atom stereocenters. The number of piperidine rings is 1. The number of anilines is 1. The molecule has 2 aliphatic rings. The largest absolute Gasteiger partial charge is 0.354 e. The summed E-state index contributed by atoms with van der Waals surface area (Å²) in [7, 11) is 0. The van der Waals surface area contributed by atoms with E-state index in [1.165, 1.54) is 10.1 Å². The summed E-state index contributed by atoms with van der Waals surface area (Å²) in [4.78, 5) is 33.0. The first-order valence-corrected chi connectivity index (χ1v) is 10.9. The first-order chi connectivity index (χ1) is 15.0. The summed E-state index contributed by atoms with van der Waals surface area (Å²) >= 11 is 0. The Labute approximate surface area is 194 Å².